The Morgan fingerprint density at radius 2 is 1.94 bits per heavy atom. The second kappa shape index (κ2) is 4.61. The average Bonchev–Trinajstić information content (AvgIpc) is 2.29. The third-order valence-corrected chi connectivity index (χ3v) is 2.13. The molecule has 0 unspecified atom stereocenters. The van der Waals surface area contributed by atoms with Gasteiger partial charge in [0.15, 0.2) is 0 Å². The van der Waals surface area contributed by atoms with Crippen molar-refractivity contribution in [2.24, 2.45) is 0 Å². The molecule has 4 heteroatoms. The van der Waals surface area contributed by atoms with Gasteiger partial charge in [-0.1, -0.05) is 6.07 Å². The first kappa shape index (κ1) is 10.4. The lowest BCUT2D eigenvalue weighted by atomic mass is 10.3. The molecule has 2 rings (SSSR count). The Hall–Kier alpha value is -2.10. The first-order valence-electron chi connectivity index (χ1n) is 4.94. The number of anilines is 3. The molecule has 0 atom stereocenters. The first-order chi connectivity index (χ1) is 7.78. The Kier molecular flexibility index (Phi) is 3.00. The third-order valence-electron chi connectivity index (χ3n) is 2.13. The molecule has 2 aromatic rings. The third kappa shape index (κ3) is 2.48. The smallest absolute Gasteiger partial charge is 0.127 e. The number of nitrogens with one attached hydrogen (secondary N) is 2. The van der Waals surface area contributed by atoms with Crippen LogP contribution in [0.2, 0.25) is 0 Å². The number of pyridine rings is 1. The van der Waals surface area contributed by atoms with Gasteiger partial charge in [0.2, 0.25) is 0 Å². The second-order valence-corrected chi connectivity index (χ2v) is 3.32. The molecule has 1 aromatic heterocycles. The summed E-state index contributed by atoms with van der Waals surface area (Å²) in [5.41, 5.74) is 1.58. The SMILES string of the molecule is CNc1cc(Nc2cccc(F)c2)ccn1. The van der Waals surface area contributed by atoms with Crippen molar-refractivity contribution in [3.63, 3.8) is 0 Å². The molecule has 16 heavy (non-hydrogen) atoms. The van der Waals surface area contributed by atoms with Crippen LogP contribution in [0.3, 0.4) is 0 Å². The van der Waals surface area contributed by atoms with Crippen molar-refractivity contribution in [3.8, 4) is 0 Å². The highest BCUT2D eigenvalue weighted by Gasteiger charge is 1.97. The van der Waals surface area contributed by atoms with Gasteiger partial charge in [-0.15, -0.1) is 0 Å². The molecule has 0 saturated carbocycles. The summed E-state index contributed by atoms with van der Waals surface area (Å²) in [6, 6.07) is 10.0. The number of benzene rings is 1. The largest absolute Gasteiger partial charge is 0.373 e. The number of halogens is 1. The van der Waals surface area contributed by atoms with Gasteiger partial charge in [0.1, 0.15) is 11.6 Å². The molecule has 2 N–H and O–H groups in total. The minimum Gasteiger partial charge on any atom is -0.373 e. The molecule has 0 radical (unpaired) electrons. The van der Waals surface area contributed by atoms with Crippen molar-refractivity contribution in [1.82, 2.24) is 4.98 Å². The maximum absolute atomic E-state index is 13.0. The van der Waals surface area contributed by atoms with Crippen molar-refractivity contribution in [3.05, 3.63) is 48.4 Å². The predicted octanol–water partition coefficient (Wildman–Crippen LogP) is 3.01. The van der Waals surface area contributed by atoms with E-state index in [9.17, 15) is 4.39 Å². The summed E-state index contributed by atoms with van der Waals surface area (Å²) in [4.78, 5) is 4.09. The summed E-state index contributed by atoms with van der Waals surface area (Å²) in [6.07, 6.45) is 1.69. The number of hydrogen-bond acceptors (Lipinski definition) is 3. The van der Waals surface area contributed by atoms with Gasteiger partial charge in [-0.25, -0.2) is 9.37 Å². The minimum absolute atomic E-state index is 0.257. The lowest BCUT2D eigenvalue weighted by Gasteiger charge is -2.07. The summed E-state index contributed by atoms with van der Waals surface area (Å²) >= 11 is 0. The molecule has 1 heterocycles. The zero-order chi connectivity index (χ0) is 11.4. The van der Waals surface area contributed by atoms with E-state index in [-0.39, 0.29) is 5.82 Å². The van der Waals surface area contributed by atoms with Crippen LogP contribution in [-0.4, -0.2) is 12.0 Å². The van der Waals surface area contributed by atoms with Crippen LogP contribution in [0, 0.1) is 5.82 Å². The monoisotopic (exact) mass is 217 g/mol. The molecule has 0 aliphatic rings. The van der Waals surface area contributed by atoms with Crippen LogP contribution in [-0.2, 0) is 0 Å². The Balaban J connectivity index is 2.20. The summed E-state index contributed by atoms with van der Waals surface area (Å²) in [5, 5.41) is 6.04. The molecule has 0 aliphatic heterocycles. The van der Waals surface area contributed by atoms with E-state index in [1.54, 1.807) is 19.3 Å². The fourth-order valence-corrected chi connectivity index (χ4v) is 1.38. The zero-order valence-corrected chi connectivity index (χ0v) is 8.87. The van der Waals surface area contributed by atoms with Gasteiger partial charge in [-0.2, -0.15) is 0 Å². The molecule has 0 fully saturated rings. The van der Waals surface area contributed by atoms with E-state index < -0.39 is 0 Å². The second-order valence-electron chi connectivity index (χ2n) is 3.32. The zero-order valence-electron chi connectivity index (χ0n) is 8.87. The van der Waals surface area contributed by atoms with E-state index in [2.05, 4.69) is 15.6 Å². The van der Waals surface area contributed by atoms with E-state index >= 15 is 0 Å². The number of hydrogen-bond donors (Lipinski definition) is 2. The first-order valence-corrected chi connectivity index (χ1v) is 4.94. The molecular formula is C12H12FN3. The highest BCUT2D eigenvalue weighted by atomic mass is 19.1. The lowest BCUT2D eigenvalue weighted by molar-refractivity contribution is 0.628. The van der Waals surface area contributed by atoms with Crippen LogP contribution >= 0.6 is 0 Å². The quantitative estimate of drug-likeness (QED) is 0.829. The number of rotatable bonds is 3. The summed E-state index contributed by atoms with van der Waals surface area (Å²) in [6.45, 7) is 0. The highest BCUT2D eigenvalue weighted by molar-refractivity contribution is 5.62. The Morgan fingerprint density at radius 1 is 1.12 bits per heavy atom. The lowest BCUT2D eigenvalue weighted by Crippen LogP contribution is -1.95. The standard InChI is InChI=1S/C12H12FN3/c1-14-12-8-11(5-6-15-12)16-10-4-2-3-9(13)7-10/h2-8H,1H3,(H2,14,15,16). The minimum atomic E-state index is -0.257. The topological polar surface area (TPSA) is 37.0 Å². The molecule has 3 nitrogen and oxygen atoms in total. The van der Waals surface area contributed by atoms with Gasteiger partial charge in [0.25, 0.3) is 0 Å². The molecule has 0 bridgehead atoms. The molecule has 0 saturated heterocycles. The van der Waals surface area contributed by atoms with E-state index in [1.807, 2.05) is 18.2 Å². The Labute approximate surface area is 93.3 Å². The van der Waals surface area contributed by atoms with Crippen molar-refractivity contribution in [2.45, 2.75) is 0 Å². The van der Waals surface area contributed by atoms with Crippen molar-refractivity contribution >= 4 is 17.2 Å². The molecule has 0 aliphatic carbocycles. The van der Waals surface area contributed by atoms with Crippen LogP contribution in [0.1, 0.15) is 0 Å². The maximum atomic E-state index is 13.0. The average molecular weight is 217 g/mol. The number of aromatic nitrogens is 1. The fraction of sp³-hybridized carbons (Fsp3) is 0.0833. The van der Waals surface area contributed by atoms with Crippen LogP contribution in [0.15, 0.2) is 42.6 Å². The van der Waals surface area contributed by atoms with Crippen LogP contribution in [0.5, 0.6) is 0 Å². The highest BCUT2D eigenvalue weighted by Crippen LogP contribution is 2.18. The molecule has 1 aromatic carbocycles. The van der Waals surface area contributed by atoms with Crippen LogP contribution in [0.25, 0.3) is 0 Å². The van der Waals surface area contributed by atoms with Gasteiger partial charge in [0.05, 0.1) is 0 Å². The van der Waals surface area contributed by atoms with E-state index in [0.717, 1.165) is 11.5 Å². The normalized spacial score (nSPS) is 9.88. The van der Waals surface area contributed by atoms with Crippen molar-refractivity contribution in [2.75, 3.05) is 17.7 Å². The summed E-state index contributed by atoms with van der Waals surface area (Å²) in [7, 11) is 1.80. The van der Waals surface area contributed by atoms with E-state index in [1.165, 1.54) is 12.1 Å². The van der Waals surface area contributed by atoms with Crippen LogP contribution < -0.4 is 10.6 Å². The van der Waals surface area contributed by atoms with Gasteiger partial charge in [-0.3, -0.25) is 0 Å². The van der Waals surface area contributed by atoms with Gasteiger partial charge in [-0.05, 0) is 24.3 Å². The summed E-state index contributed by atoms with van der Waals surface area (Å²) < 4.78 is 13.0. The number of nitrogens with zero attached hydrogens (tertiary/aromatic N) is 1. The van der Waals surface area contributed by atoms with Crippen molar-refractivity contribution < 1.29 is 4.39 Å². The fourth-order valence-electron chi connectivity index (χ4n) is 1.38. The van der Waals surface area contributed by atoms with E-state index in [4.69, 9.17) is 0 Å². The van der Waals surface area contributed by atoms with Crippen molar-refractivity contribution in [1.29, 1.82) is 0 Å². The maximum Gasteiger partial charge on any atom is 0.127 e. The Bertz CT molecular complexity index is 485. The van der Waals surface area contributed by atoms with Gasteiger partial charge < -0.3 is 10.6 Å². The molecule has 0 spiro atoms. The summed E-state index contributed by atoms with van der Waals surface area (Å²) in [5.74, 6) is 0.509. The Morgan fingerprint density at radius 3 is 2.69 bits per heavy atom. The molecule has 82 valence electrons. The van der Waals surface area contributed by atoms with Gasteiger partial charge in [0, 0.05) is 30.7 Å². The van der Waals surface area contributed by atoms with E-state index in [0.29, 0.717) is 5.69 Å². The van der Waals surface area contributed by atoms with Crippen LogP contribution in [0.4, 0.5) is 21.6 Å². The van der Waals surface area contributed by atoms with Gasteiger partial charge >= 0.3 is 0 Å². The molecule has 0 amide bonds. The molecular weight excluding hydrogens is 205 g/mol. The predicted molar refractivity (Wildman–Crippen MR) is 63.5 cm³/mol.